The van der Waals surface area contributed by atoms with E-state index in [4.69, 9.17) is 23.2 Å². The maximum Gasteiger partial charge on any atom is 0.322 e. The third kappa shape index (κ3) is 3.65. The zero-order valence-corrected chi connectivity index (χ0v) is 15.8. The highest BCUT2D eigenvalue weighted by atomic mass is 35.5. The zero-order valence-electron chi connectivity index (χ0n) is 14.3. The summed E-state index contributed by atoms with van der Waals surface area (Å²) in [5, 5.41) is 3.62. The third-order valence-corrected chi connectivity index (χ3v) is 4.69. The molecule has 2 aromatic rings. The summed E-state index contributed by atoms with van der Waals surface area (Å²) in [4.78, 5) is 25.4. The van der Waals surface area contributed by atoms with Crippen molar-refractivity contribution in [3.8, 4) is 0 Å². The van der Waals surface area contributed by atoms with E-state index in [1.807, 2.05) is 25.9 Å². The lowest BCUT2D eigenvalue weighted by Crippen LogP contribution is -2.40. The van der Waals surface area contributed by atoms with Crippen molar-refractivity contribution in [3.05, 3.63) is 45.3 Å². The fourth-order valence-corrected chi connectivity index (χ4v) is 3.36. The Morgan fingerprint density at radius 2 is 1.92 bits per heavy atom. The highest BCUT2D eigenvalue weighted by molar-refractivity contribution is 6.39. The molecule has 0 aliphatic carbocycles. The normalized spacial score (nSPS) is 13.4. The SMILES string of the molecule is Cc1nc2c(c(N(C)C)n1)CN(C(=O)Nc1c(Cl)cccc1Cl)CC2. The molecule has 1 aliphatic rings. The van der Waals surface area contributed by atoms with Crippen LogP contribution in [0.3, 0.4) is 0 Å². The molecular weight excluding hydrogens is 361 g/mol. The second-order valence-corrected chi connectivity index (χ2v) is 6.93. The quantitative estimate of drug-likeness (QED) is 0.862. The van der Waals surface area contributed by atoms with Crippen LogP contribution in [0.15, 0.2) is 18.2 Å². The summed E-state index contributed by atoms with van der Waals surface area (Å²) in [5.41, 5.74) is 2.40. The van der Waals surface area contributed by atoms with Gasteiger partial charge in [-0.25, -0.2) is 14.8 Å². The number of hydrogen-bond acceptors (Lipinski definition) is 4. The number of rotatable bonds is 2. The Hall–Kier alpha value is -2.05. The highest BCUT2D eigenvalue weighted by Gasteiger charge is 2.26. The summed E-state index contributed by atoms with van der Waals surface area (Å²) in [6, 6.07) is 4.87. The first-order valence-electron chi connectivity index (χ1n) is 7.90. The first-order chi connectivity index (χ1) is 11.9. The van der Waals surface area contributed by atoms with E-state index < -0.39 is 0 Å². The van der Waals surface area contributed by atoms with E-state index in [1.54, 1.807) is 23.1 Å². The number of carbonyl (C=O) groups excluding carboxylic acids is 1. The van der Waals surface area contributed by atoms with Crippen molar-refractivity contribution in [2.45, 2.75) is 19.9 Å². The van der Waals surface area contributed by atoms with Crippen molar-refractivity contribution in [2.24, 2.45) is 0 Å². The Morgan fingerprint density at radius 3 is 2.56 bits per heavy atom. The second kappa shape index (κ2) is 7.06. The maximum absolute atomic E-state index is 12.7. The summed E-state index contributed by atoms with van der Waals surface area (Å²) in [5.74, 6) is 1.58. The molecular formula is C17H19Cl2N5O. The van der Waals surface area contributed by atoms with E-state index in [1.165, 1.54) is 0 Å². The average molecular weight is 380 g/mol. The molecule has 1 aromatic heterocycles. The Kier molecular flexibility index (Phi) is 5.01. The lowest BCUT2D eigenvalue weighted by atomic mass is 10.1. The number of anilines is 2. The minimum absolute atomic E-state index is 0.245. The standard InChI is InChI=1S/C17H19Cl2N5O/c1-10-20-14-7-8-24(9-11(14)16(21-10)23(2)3)17(25)22-15-12(18)5-4-6-13(15)19/h4-6H,7-9H2,1-3H3,(H,22,25). The molecule has 3 rings (SSSR count). The molecule has 0 saturated heterocycles. The smallest absolute Gasteiger partial charge is 0.322 e. The van der Waals surface area contributed by atoms with Gasteiger partial charge >= 0.3 is 6.03 Å². The fraction of sp³-hybridized carbons (Fsp3) is 0.353. The Bertz CT molecular complexity index is 805. The van der Waals surface area contributed by atoms with Gasteiger partial charge < -0.3 is 15.1 Å². The molecule has 0 spiro atoms. The van der Waals surface area contributed by atoms with E-state index in [0.717, 1.165) is 22.9 Å². The van der Waals surface area contributed by atoms with Crippen molar-refractivity contribution in [1.29, 1.82) is 0 Å². The first kappa shape index (κ1) is 17.8. The van der Waals surface area contributed by atoms with Crippen molar-refractivity contribution in [1.82, 2.24) is 14.9 Å². The number of aryl methyl sites for hydroxylation is 1. The molecule has 1 aliphatic heterocycles. The topological polar surface area (TPSA) is 61.4 Å². The number of para-hydroxylation sites is 1. The number of urea groups is 1. The highest BCUT2D eigenvalue weighted by Crippen LogP contribution is 2.31. The minimum Gasteiger partial charge on any atom is -0.362 e. The van der Waals surface area contributed by atoms with Crippen molar-refractivity contribution in [3.63, 3.8) is 0 Å². The molecule has 0 radical (unpaired) electrons. The largest absolute Gasteiger partial charge is 0.362 e. The van der Waals surface area contributed by atoms with Crippen LogP contribution in [0.4, 0.5) is 16.3 Å². The molecule has 2 amide bonds. The van der Waals surface area contributed by atoms with Gasteiger partial charge in [0.15, 0.2) is 0 Å². The van der Waals surface area contributed by atoms with Crippen molar-refractivity contribution >= 4 is 40.7 Å². The van der Waals surface area contributed by atoms with Crippen LogP contribution in [-0.2, 0) is 13.0 Å². The van der Waals surface area contributed by atoms with Gasteiger partial charge in [0.25, 0.3) is 0 Å². The Labute approximate surface area is 156 Å². The first-order valence-corrected chi connectivity index (χ1v) is 8.66. The van der Waals surface area contributed by atoms with Crippen LogP contribution in [0.25, 0.3) is 0 Å². The number of carbonyl (C=O) groups is 1. The summed E-state index contributed by atoms with van der Waals surface area (Å²) in [6.07, 6.45) is 0.684. The van der Waals surface area contributed by atoms with Gasteiger partial charge in [-0.15, -0.1) is 0 Å². The molecule has 6 nitrogen and oxygen atoms in total. The molecule has 0 bridgehead atoms. The third-order valence-electron chi connectivity index (χ3n) is 4.06. The van der Waals surface area contributed by atoms with Gasteiger partial charge in [0, 0.05) is 32.6 Å². The van der Waals surface area contributed by atoms with E-state index in [2.05, 4.69) is 15.3 Å². The van der Waals surface area contributed by atoms with Crippen LogP contribution >= 0.6 is 23.2 Å². The van der Waals surface area contributed by atoms with E-state index in [9.17, 15) is 4.79 Å². The number of nitrogens with zero attached hydrogens (tertiary/aromatic N) is 4. The molecule has 2 heterocycles. The number of amides is 2. The van der Waals surface area contributed by atoms with E-state index in [-0.39, 0.29) is 6.03 Å². The number of halogens is 2. The zero-order chi connectivity index (χ0) is 18.1. The molecule has 0 unspecified atom stereocenters. The van der Waals surface area contributed by atoms with Crippen molar-refractivity contribution < 1.29 is 4.79 Å². The van der Waals surface area contributed by atoms with Gasteiger partial charge in [-0.1, -0.05) is 29.3 Å². The minimum atomic E-state index is -0.245. The lowest BCUT2D eigenvalue weighted by molar-refractivity contribution is 0.206. The van der Waals surface area contributed by atoms with E-state index in [0.29, 0.717) is 35.2 Å². The molecule has 0 fully saturated rings. The predicted molar refractivity (Wildman–Crippen MR) is 101 cm³/mol. The maximum atomic E-state index is 12.7. The van der Waals surface area contributed by atoms with Crippen LogP contribution in [0.5, 0.6) is 0 Å². The van der Waals surface area contributed by atoms with Gasteiger partial charge in [0.2, 0.25) is 0 Å². The van der Waals surface area contributed by atoms with Gasteiger partial charge in [-0.2, -0.15) is 0 Å². The van der Waals surface area contributed by atoms with E-state index >= 15 is 0 Å². The summed E-state index contributed by atoms with van der Waals surface area (Å²) < 4.78 is 0. The van der Waals surface area contributed by atoms with Crippen LogP contribution in [0.2, 0.25) is 10.0 Å². The van der Waals surface area contributed by atoms with Gasteiger partial charge in [-0.3, -0.25) is 0 Å². The second-order valence-electron chi connectivity index (χ2n) is 6.11. The number of fused-ring (bicyclic) bond motifs is 1. The Morgan fingerprint density at radius 1 is 1.24 bits per heavy atom. The lowest BCUT2D eigenvalue weighted by Gasteiger charge is -2.31. The number of aromatic nitrogens is 2. The molecule has 1 aromatic carbocycles. The molecule has 1 N–H and O–H groups in total. The molecule has 25 heavy (non-hydrogen) atoms. The Balaban J connectivity index is 1.84. The summed E-state index contributed by atoms with van der Waals surface area (Å²) in [7, 11) is 3.87. The molecule has 132 valence electrons. The van der Waals surface area contributed by atoms with Gasteiger partial charge in [-0.05, 0) is 19.1 Å². The monoisotopic (exact) mass is 379 g/mol. The van der Waals surface area contributed by atoms with Crippen LogP contribution < -0.4 is 10.2 Å². The number of hydrogen-bond donors (Lipinski definition) is 1. The van der Waals surface area contributed by atoms with Gasteiger partial charge in [0.05, 0.1) is 28.0 Å². The summed E-state index contributed by atoms with van der Waals surface area (Å²) >= 11 is 12.3. The number of nitrogens with one attached hydrogen (secondary N) is 1. The summed E-state index contributed by atoms with van der Waals surface area (Å²) in [6.45, 7) is 2.90. The molecule has 0 saturated carbocycles. The van der Waals surface area contributed by atoms with Crippen molar-refractivity contribution in [2.75, 3.05) is 30.9 Å². The van der Waals surface area contributed by atoms with Crippen LogP contribution in [0, 0.1) is 6.92 Å². The average Bonchev–Trinajstić information content (AvgIpc) is 2.56. The van der Waals surface area contributed by atoms with Crippen LogP contribution in [0.1, 0.15) is 17.1 Å². The van der Waals surface area contributed by atoms with Crippen LogP contribution in [-0.4, -0.2) is 41.5 Å². The number of benzene rings is 1. The molecule has 8 heteroatoms. The fourth-order valence-electron chi connectivity index (χ4n) is 2.86. The molecule has 0 atom stereocenters. The predicted octanol–water partition coefficient (Wildman–Crippen LogP) is 3.75. The van der Waals surface area contributed by atoms with Gasteiger partial charge in [0.1, 0.15) is 11.6 Å².